The van der Waals surface area contributed by atoms with Crippen molar-refractivity contribution in [3.8, 4) is 5.75 Å². The molecule has 0 bridgehead atoms. The van der Waals surface area contributed by atoms with E-state index >= 15 is 0 Å². The zero-order valence-corrected chi connectivity index (χ0v) is 15.2. The van der Waals surface area contributed by atoms with Crippen molar-refractivity contribution in [3.05, 3.63) is 75.8 Å². The normalized spacial score (nSPS) is 10.5. The van der Waals surface area contributed by atoms with Gasteiger partial charge in [-0.05, 0) is 23.8 Å². The number of methoxy groups -OCH3 is 1. The molecule has 3 rings (SSSR count). The number of carbonyl (C=O) groups is 1. The molecule has 25 heavy (non-hydrogen) atoms. The molecule has 1 aromatic heterocycles. The van der Waals surface area contributed by atoms with Crippen LogP contribution in [-0.2, 0) is 17.6 Å². The Hall–Kier alpha value is -2.37. The molecular weight excluding hydrogens is 356 g/mol. The SMILES string of the molecule is COc1ccccc1CC(=O)Nc1ncc(Cc2cccc(Cl)c2)s1. The Bertz CT molecular complexity index is 879. The van der Waals surface area contributed by atoms with Gasteiger partial charge in [0.1, 0.15) is 5.75 Å². The summed E-state index contributed by atoms with van der Waals surface area (Å²) in [6.07, 6.45) is 2.76. The molecule has 3 aromatic rings. The number of nitrogens with one attached hydrogen (secondary N) is 1. The first kappa shape index (κ1) is 17.5. The summed E-state index contributed by atoms with van der Waals surface area (Å²) in [5.74, 6) is 0.589. The number of hydrogen-bond donors (Lipinski definition) is 1. The van der Waals surface area contributed by atoms with Crippen LogP contribution in [0.3, 0.4) is 0 Å². The third-order valence-electron chi connectivity index (χ3n) is 3.61. The van der Waals surface area contributed by atoms with E-state index in [4.69, 9.17) is 16.3 Å². The van der Waals surface area contributed by atoms with Gasteiger partial charge >= 0.3 is 0 Å². The van der Waals surface area contributed by atoms with Crippen LogP contribution in [0.4, 0.5) is 5.13 Å². The number of halogens is 1. The molecule has 0 saturated carbocycles. The molecule has 1 N–H and O–H groups in total. The molecule has 4 nitrogen and oxygen atoms in total. The van der Waals surface area contributed by atoms with Crippen molar-refractivity contribution >= 4 is 34.0 Å². The van der Waals surface area contributed by atoms with Crippen LogP contribution in [0.1, 0.15) is 16.0 Å². The second kappa shape index (κ2) is 8.14. The first-order chi connectivity index (χ1) is 12.1. The highest BCUT2D eigenvalue weighted by molar-refractivity contribution is 7.15. The summed E-state index contributed by atoms with van der Waals surface area (Å²) in [7, 11) is 1.60. The van der Waals surface area contributed by atoms with Crippen molar-refractivity contribution in [2.24, 2.45) is 0 Å². The summed E-state index contributed by atoms with van der Waals surface area (Å²) < 4.78 is 5.27. The lowest BCUT2D eigenvalue weighted by Crippen LogP contribution is -2.14. The molecule has 0 atom stereocenters. The molecule has 0 radical (unpaired) electrons. The predicted octanol–water partition coefficient (Wildman–Crippen LogP) is 4.58. The molecule has 0 spiro atoms. The summed E-state index contributed by atoms with van der Waals surface area (Å²) >= 11 is 7.47. The number of aromatic nitrogens is 1. The number of amides is 1. The lowest BCUT2D eigenvalue weighted by molar-refractivity contribution is -0.115. The van der Waals surface area contributed by atoms with Crippen LogP contribution in [0.5, 0.6) is 5.75 Å². The fraction of sp³-hybridized carbons (Fsp3) is 0.158. The maximum atomic E-state index is 12.2. The second-order valence-electron chi connectivity index (χ2n) is 5.48. The Balaban J connectivity index is 1.62. The average molecular weight is 373 g/mol. The Labute approximate surface area is 155 Å². The van der Waals surface area contributed by atoms with E-state index < -0.39 is 0 Å². The summed E-state index contributed by atoms with van der Waals surface area (Å²) in [4.78, 5) is 17.6. The highest BCUT2D eigenvalue weighted by atomic mass is 35.5. The minimum Gasteiger partial charge on any atom is -0.496 e. The third kappa shape index (κ3) is 4.81. The Morgan fingerprint density at radius 1 is 1.24 bits per heavy atom. The number of anilines is 1. The zero-order chi connectivity index (χ0) is 17.6. The Morgan fingerprint density at radius 3 is 2.88 bits per heavy atom. The van der Waals surface area contributed by atoms with Gasteiger partial charge in [-0.15, -0.1) is 11.3 Å². The van der Waals surface area contributed by atoms with E-state index in [2.05, 4.69) is 10.3 Å². The minimum absolute atomic E-state index is 0.117. The third-order valence-corrected chi connectivity index (χ3v) is 4.76. The predicted molar refractivity (Wildman–Crippen MR) is 102 cm³/mol. The number of carbonyl (C=O) groups excluding carboxylic acids is 1. The van der Waals surface area contributed by atoms with Crippen LogP contribution in [0.15, 0.2) is 54.7 Å². The first-order valence-electron chi connectivity index (χ1n) is 7.75. The smallest absolute Gasteiger partial charge is 0.230 e. The number of rotatable bonds is 6. The van der Waals surface area contributed by atoms with Crippen LogP contribution in [0, 0.1) is 0 Å². The van der Waals surface area contributed by atoms with Crippen molar-refractivity contribution < 1.29 is 9.53 Å². The number of benzene rings is 2. The lowest BCUT2D eigenvalue weighted by atomic mass is 10.1. The zero-order valence-electron chi connectivity index (χ0n) is 13.7. The topological polar surface area (TPSA) is 51.2 Å². The summed E-state index contributed by atoms with van der Waals surface area (Å²) in [5, 5.41) is 4.16. The van der Waals surface area contributed by atoms with Gasteiger partial charge in [-0.25, -0.2) is 4.98 Å². The van der Waals surface area contributed by atoms with E-state index in [0.29, 0.717) is 15.9 Å². The molecule has 1 heterocycles. The van der Waals surface area contributed by atoms with Crippen LogP contribution in [0.25, 0.3) is 0 Å². The Kier molecular flexibility index (Phi) is 5.68. The standard InChI is InChI=1S/C19H17ClN2O2S/c1-24-17-8-3-2-6-14(17)11-18(23)22-19-21-12-16(25-19)10-13-5-4-7-15(20)9-13/h2-9,12H,10-11H2,1H3,(H,21,22,23). The number of para-hydroxylation sites is 1. The molecule has 0 aliphatic carbocycles. The molecule has 0 saturated heterocycles. The number of nitrogens with zero attached hydrogens (tertiary/aromatic N) is 1. The molecule has 2 aromatic carbocycles. The lowest BCUT2D eigenvalue weighted by Gasteiger charge is -2.07. The summed E-state index contributed by atoms with van der Waals surface area (Å²) in [5.41, 5.74) is 1.96. The minimum atomic E-state index is -0.117. The highest BCUT2D eigenvalue weighted by Crippen LogP contribution is 2.23. The van der Waals surface area contributed by atoms with Gasteiger partial charge in [-0.2, -0.15) is 0 Å². The van der Waals surface area contributed by atoms with Crippen molar-refractivity contribution in [3.63, 3.8) is 0 Å². The van der Waals surface area contributed by atoms with Crippen molar-refractivity contribution in [1.29, 1.82) is 0 Å². The second-order valence-corrected chi connectivity index (χ2v) is 7.03. The summed E-state index contributed by atoms with van der Waals surface area (Å²) in [6.45, 7) is 0. The van der Waals surface area contributed by atoms with Crippen LogP contribution in [0.2, 0.25) is 5.02 Å². The van der Waals surface area contributed by atoms with Crippen LogP contribution < -0.4 is 10.1 Å². The first-order valence-corrected chi connectivity index (χ1v) is 8.94. The average Bonchev–Trinajstić information content (AvgIpc) is 3.02. The summed E-state index contributed by atoms with van der Waals surface area (Å²) in [6, 6.07) is 15.2. The molecule has 0 aliphatic rings. The molecule has 1 amide bonds. The fourth-order valence-corrected chi connectivity index (χ4v) is 3.56. The molecule has 0 fully saturated rings. The Morgan fingerprint density at radius 2 is 2.08 bits per heavy atom. The number of ether oxygens (including phenoxy) is 1. The van der Waals surface area contributed by atoms with Gasteiger partial charge < -0.3 is 10.1 Å². The van der Waals surface area contributed by atoms with Gasteiger partial charge in [-0.1, -0.05) is 41.9 Å². The van der Waals surface area contributed by atoms with E-state index in [1.165, 1.54) is 11.3 Å². The quantitative estimate of drug-likeness (QED) is 0.689. The van der Waals surface area contributed by atoms with Crippen LogP contribution in [-0.4, -0.2) is 18.0 Å². The van der Waals surface area contributed by atoms with Gasteiger partial charge in [0.25, 0.3) is 0 Å². The molecule has 0 unspecified atom stereocenters. The number of hydrogen-bond acceptors (Lipinski definition) is 4. The van der Waals surface area contributed by atoms with E-state index in [0.717, 1.165) is 22.4 Å². The molecule has 128 valence electrons. The van der Waals surface area contributed by atoms with Crippen molar-refractivity contribution in [2.75, 3.05) is 12.4 Å². The van der Waals surface area contributed by atoms with Crippen molar-refractivity contribution in [2.45, 2.75) is 12.8 Å². The van der Waals surface area contributed by atoms with Crippen LogP contribution >= 0.6 is 22.9 Å². The fourth-order valence-electron chi connectivity index (χ4n) is 2.48. The van der Waals surface area contributed by atoms with E-state index in [9.17, 15) is 4.79 Å². The van der Waals surface area contributed by atoms with Gasteiger partial charge in [0.05, 0.1) is 13.5 Å². The maximum Gasteiger partial charge on any atom is 0.230 e. The largest absolute Gasteiger partial charge is 0.496 e. The van der Waals surface area contributed by atoms with E-state index in [1.807, 2.05) is 48.5 Å². The number of thiazole rings is 1. The van der Waals surface area contributed by atoms with Gasteiger partial charge in [0.15, 0.2) is 5.13 Å². The van der Waals surface area contributed by atoms with Gasteiger partial charge in [0, 0.05) is 28.1 Å². The molecule has 6 heteroatoms. The monoisotopic (exact) mass is 372 g/mol. The maximum absolute atomic E-state index is 12.2. The molecule has 0 aliphatic heterocycles. The van der Waals surface area contributed by atoms with Gasteiger partial charge in [0.2, 0.25) is 5.91 Å². The van der Waals surface area contributed by atoms with E-state index in [-0.39, 0.29) is 12.3 Å². The highest BCUT2D eigenvalue weighted by Gasteiger charge is 2.11. The van der Waals surface area contributed by atoms with Crippen molar-refractivity contribution in [1.82, 2.24) is 4.98 Å². The van der Waals surface area contributed by atoms with E-state index in [1.54, 1.807) is 13.3 Å². The van der Waals surface area contributed by atoms with Gasteiger partial charge in [-0.3, -0.25) is 4.79 Å². The molecular formula is C19H17ClN2O2S.